The Kier molecular flexibility index (Phi) is 6.95. The number of nitrogens with zero attached hydrogens (tertiary/aromatic N) is 1. The quantitative estimate of drug-likeness (QED) is 0.331. The predicted octanol–water partition coefficient (Wildman–Crippen LogP) is 5.63. The highest BCUT2D eigenvalue weighted by Gasteiger charge is 2.16. The van der Waals surface area contributed by atoms with Crippen LogP contribution in [0, 0.1) is 5.82 Å². The van der Waals surface area contributed by atoms with E-state index in [1.54, 1.807) is 14.2 Å². The van der Waals surface area contributed by atoms with Gasteiger partial charge in [0.25, 0.3) is 0 Å². The van der Waals surface area contributed by atoms with E-state index in [0.717, 1.165) is 28.3 Å². The first-order valence-electron chi connectivity index (χ1n) is 10.1. The molecule has 0 saturated heterocycles. The van der Waals surface area contributed by atoms with Crippen molar-refractivity contribution in [3.05, 3.63) is 78.6 Å². The number of rotatable bonds is 8. The molecule has 0 aliphatic rings. The second kappa shape index (κ2) is 10.2. The maximum absolute atomic E-state index is 13.1. The molecule has 0 unspecified atom stereocenters. The minimum atomic E-state index is -0.354. The molecule has 2 N–H and O–H groups in total. The second-order valence-corrected chi connectivity index (χ2v) is 8.03. The summed E-state index contributed by atoms with van der Waals surface area (Å²) < 4.78 is 23.7. The lowest BCUT2D eigenvalue weighted by molar-refractivity contribution is -0.113. The number of aromatic nitrogens is 2. The van der Waals surface area contributed by atoms with Gasteiger partial charge in [0.1, 0.15) is 28.2 Å². The zero-order chi connectivity index (χ0) is 23.2. The first kappa shape index (κ1) is 22.4. The van der Waals surface area contributed by atoms with Crippen LogP contribution in [0.2, 0.25) is 0 Å². The Morgan fingerprint density at radius 2 is 1.70 bits per heavy atom. The van der Waals surface area contributed by atoms with Crippen LogP contribution in [-0.4, -0.2) is 35.8 Å². The molecule has 1 heterocycles. The van der Waals surface area contributed by atoms with Gasteiger partial charge >= 0.3 is 0 Å². The largest absolute Gasteiger partial charge is 0.497 e. The third-order valence-electron chi connectivity index (χ3n) is 4.86. The topological polar surface area (TPSA) is 76.2 Å². The standard InChI is InChI=1S/C25H22FN3O3S/c1-31-20-12-6-16(7-13-20)23-25(29-24(28-23)17-4-3-5-21(14-17)32-2)33-15-22(30)27-19-10-8-18(26)9-11-19/h3-14H,15H2,1-2H3,(H,27,30)(H,28,29). The van der Waals surface area contributed by atoms with E-state index in [-0.39, 0.29) is 17.5 Å². The number of hydrogen-bond donors (Lipinski definition) is 2. The molecule has 8 heteroatoms. The van der Waals surface area contributed by atoms with Gasteiger partial charge < -0.3 is 19.8 Å². The van der Waals surface area contributed by atoms with Crippen molar-refractivity contribution >= 4 is 23.4 Å². The SMILES string of the molecule is COc1ccc(-c2[nH]c(-c3cccc(OC)c3)nc2SCC(=O)Nc2ccc(F)cc2)cc1. The van der Waals surface area contributed by atoms with Gasteiger partial charge in [-0.1, -0.05) is 23.9 Å². The normalized spacial score (nSPS) is 10.6. The summed E-state index contributed by atoms with van der Waals surface area (Å²) in [6.45, 7) is 0. The highest BCUT2D eigenvalue weighted by molar-refractivity contribution is 8.00. The summed E-state index contributed by atoms with van der Waals surface area (Å²) in [5.74, 6) is 1.72. The zero-order valence-corrected chi connectivity index (χ0v) is 18.9. The van der Waals surface area contributed by atoms with Crippen LogP contribution < -0.4 is 14.8 Å². The molecular weight excluding hydrogens is 441 g/mol. The van der Waals surface area contributed by atoms with Gasteiger partial charge in [-0.25, -0.2) is 9.37 Å². The van der Waals surface area contributed by atoms with E-state index in [2.05, 4.69) is 10.3 Å². The van der Waals surface area contributed by atoms with Crippen molar-refractivity contribution in [2.24, 2.45) is 0 Å². The number of benzene rings is 3. The van der Waals surface area contributed by atoms with Crippen molar-refractivity contribution in [3.8, 4) is 34.1 Å². The highest BCUT2D eigenvalue weighted by Crippen LogP contribution is 2.34. The number of anilines is 1. The molecular formula is C25H22FN3O3S. The molecule has 4 rings (SSSR count). The van der Waals surface area contributed by atoms with Crippen LogP contribution >= 0.6 is 11.8 Å². The minimum Gasteiger partial charge on any atom is -0.497 e. The van der Waals surface area contributed by atoms with Crippen LogP contribution in [0.3, 0.4) is 0 Å². The van der Waals surface area contributed by atoms with Crippen LogP contribution in [0.15, 0.2) is 77.8 Å². The molecule has 0 fully saturated rings. The number of carbonyl (C=O) groups excluding carboxylic acids is 1. The number of aromatic amines is 1. The third-order valence-corrected chi connectivity index (χ3v) is 5.84. The van der Waals surface area contributed by atoms with Gasteiger partial charge in [-0.15, -0.1) is 0 Å². The molecule has 0 radical (unpaired) electrons. The lowest BCUT2D eigenvalue weighted by atomic mass is 10.1. The molecule has 0 spiro atoms. The van der Waals surface area contributed by atoms with E-state index in [1.165, 1.54) is 36.0 Å². The third kappa shape index (κ3) is 5.53. The van der Waals surface area contributed by atoms with Crippen LogP contribution in [0.1, 0.15) is 0 Å². The van der Waals surface area contributed by atoms with Crippen molar-refractivity contribution in [1.82, 2.24) is 9.97 Å². The Morgan fingerprint density at radius 1 is 0.970 bits per heavy atom. The Hall–Kier alpha value is -3.78. The van der Waals surface area contributed by atoms with Gasteiger partial charge in [-0.2, -0.15) is 0 Å². The summed E-state index contributed by atoms with van der Waals surface area (Å²) in [7, 11) is 3.23. The Balaban J connectivity index is 1.59. The van der Waals surface area contributed by atoms with Gasteiger partial charge in [0, 0.05) is 16.8 Å². The van der Waals surface area contributed by atoms with E-state index >= 15 is 0 Å². The number of thioether (sulfide) groups is 1. The van der Waals surface area contributed by atoms with Crippen molar-refractivity contribution in [2.45, 2.75) is 5.03 Å². The first-order chi connectivity index (χ1) is 16.1. The lowest BCUT2D eigenvalue weighted by Gasteiger charge is -2.06. The molecule has 6 nitrogen and oxygen atoms in total. The smallest absolute Gasteiger partial charge is 0.234 e. The molecule has 0 saturated carbocycles. The average Bonchev–Trinajstić information content (AvgIpc) is 3.28. The van der Waals surface area contributed by atoms with Gasteiger partial charge in [-0.05, 0) is 60.7 Å². The second-order valence-electron chi connectivity index (χ2n) is 7.07. The number of hydrogen-bond acceptors (Lipinski definition) is 5. The molecule has 0 aliphatic heterocycles. The molecule has 168 valence electrons. The van der Waals surface area contributed by atoms with Crippen molar-refractivity contribution in [2.75, 3.05) is 25.3 Å². The van der Waals surface area contributed by atoms with E-state index in [1.807, 2.05) is 48.5 Å². The number of ether oxygens (including phenoxy) is 2. The first-order valence-corrected chi connectivity index (χ1v) is 11.1. The van der Waals surface area contributed by atoms with Crippen LogP contribution in [0.25, 0.3) is 22.6 Å². The number of methoxy groups -OCH3 is 2. The van der Waals surface area contributed by atoms with Gasteiger partial charge in [0.05, 0.1) is 25.7 Å². The summed E-state index contributed by atoms with van der Waals surface area (Å²) in [6, 6.07) is 20.9. The molecule has 0 bridgehead atoms. The van der Waals surface area contributed by atoms with E-state index in [9.17, 15) is 9.18 Å². The number of H-pyrrole nitrogens is 1. The maximum Gasteiger partial charge on any atom is 0.234 e. The van der Waals surface area contributed by atoms with Gasteiger partial charge in [0.15, 0.2) is 0 Å². The number of carbonyl (C=O) groups is 1. The zero-order valence-electron chi connectivity index (χ0n) is 18.1. The van der Waals surface area contributed by atoms with Crippen molar-refractivity contribution in [3.63, 3.8) is 0 Å². The van der Waals surface area contributed by atoms with Crippen molar-refractivity contribution in [1.29, 1.82) is 0 Å². The molecule has 1 aromatic heterocycles. The lowest BCUT2D eigenvalue weighted by Crippen LogP contribution is -2.14. The number of imidazole rings is 1. The maximum atomic E-state index is 13.1. The fraction of sp³-hybridized carbons (Fsp3) is 0.120. The number of nitrogens with one attached hydrogen (secondary N) is 2. The fourth-order valence-corrected chi connectivity index (χ4v) is 4.00. The van der Waals surface area contributed by atoms with Crippen LogP contribution in [0.5, 0.6) is 11.5 Å². The van der Waals surface area contributed by atoms with E-state index < -0.39 is 0 Å². The summed E-state index contributed by atoms with van der Waals surface area (Å²) in [5.41, 5.74) is 3.12. The number of halogens is 1. The Labute approximate surface area is 195 Å². The summed E-state index contributed by atoms with van der Waals surface area (Å²) >= 11 is 1.32. The molecule has 4 aromatic rings. The summed E-state index contributed by atoms with van der Waals surface area (Å²) in [6.07, 6.45) is 0. The van der Waals surface area contributed by atoms with Crippen LogP contribution in [-0.2, 0) is 4.79 Å². The fourth-order valence-electron chi connectivity index (χ4n) is 3.19. The highest BCUT2D eigenvalue weighted by atomic mass is 32.2. The van der Waals surface area contributed by atoms with Gasteiger partial charge in [-0.3, -0.25) is 4.79 Å². The minimum absolute atomic E-state index is 0.142. The van der Waals surface area contributed by atoms with E-state index in [0.29, 0.717) is 16.5 Å². The predicted molar refractivity (Wildman–Crippen MR) is 128 cm³/mol. The molecule has 33 heavy (non-hydrogen) atoms. The van der Waals surface area contributed by atoms with Crippen molar-refractivity contribution < 1.29 is 18.7 Å². The monoisotopic (exact) mass is 463 g/mol. The molecule has 3 aromatic carbocycles. The number of amides is 1. The van der Waals surface area contributed by atoms with Gasteiger partial charge in [0.2, 0.25) is 5.91 Å². The molecule has 0 atom stereocenters. The summed E-state index contributed by atoms with van der Waals surface area (Å²) in [4.78, 5) is 20.6. The average molecular weight is 464 g/mol. The van der Waals surface area contributed by atoms with Crippen LogP contribution in [0.4, 0.5) is 10.1 Å². The van der Waals surface area contributed by atoms with E-state index in [4.69, 9.17) is 14.5 Å². The molecule has 1 amide bonds. The molecule has 0 aliphatic carbocycles. The Bertz CT molecular complexity index is 1240. The summed E-state index contributed by atoms with van der Waals surface area (Å²) in [5, 5.41) is 3.46. The Morgan fingerprint density at radius 3 is 2.39 bits per heavy atom.